The molecule has 0 atom stereocenters. The molecule has 5 heteroatoms. The summed E-state index contributed by atoms with van der Waals surface area (Å²) in [4.78, 5) is 29.5. The second-order valence-corrected chi connectivity index (χ2v) is 8.32. The maximum Gasteiger partial charge on any atom is 0.331 e. The largest absolute Gasteiger partial charge is 0.341 e. The summed E-state index contributed by atoms with van der Waals surface area (Å²) in [6, 6.07) is 25.7. The van der Waals surface area contributed by atoms with E-state index >= 15 is 0 Å². The highest BCUT2D eigenvalue weighted by atomic mass is 16.7. The van der Waals surface area contributed by atoms with Crippen LogP contribution in [0.3, 0.4) is 0 Å². The Morgan fingerprint density at radius 2 is 1.44 bits per heavy atom. The maximum atomic E-state index is 13.6. The van der Waals surface area contributed by atoms with Gasteiger partial charge in [-0.1, -0.05) is 53.7 Å². The molecule has 0 fully saturated rings. The van der Waals surface area contributed by atoms with E-state index in [2.05, 4.69) is 16.6 Å². The molecule has 0 aliphatic rings. The Morgan fingerprint density at radius 3 is 2.15 bits per heavy atom. The molecule has 5 aromatic rings. The third-order valence-electron chi connectivity index (χ3n) is 6.21. The Labute approximate surface area is 197 Å². The van der Waals surface area contributed by atoms with E-state index in [1.54, 1.807) is 6.92 Å². The molecule has 5 rings (SSSR count). The van der Waals surface area contributed by atoms with E-state index < -0.39 is 5.97 Å². The average molecular weight is 449 g/mol. The predicted octanol–water partition coefficient (Wildman–Crippen LogP) is 6.49. The van der Waals surface area contributed by atoms with Crippen LogP contribution in [0.5, 0.6) is 0 Å². The first-order valence-corrected chi connectivity index (χ1v) is 11.3. The average Bonchev–Trinajstić information content (AvgIpc) is 3.18. The van der Waals surface area contributed by atoms with Gasteiger partial charge in [0.05, 0.1) is 5.71 Å². The minimum absolute atomic E-state index is 0.000135. The van der Waals surface area contributed by atoms with Gasteiger partial charge in [0, 0.05) is 46.4 Å². The van der Waals surface area contributed by atoms with E-state index in [9.17, 15) is 9.59 Å². The summed E-state index contributed by atoms with van der Waals surface area (Å²) in [7, 11) is 0. The molecule has 0 amide bonds. The number of carbonyl (C=O) groups is 2. The Balaban J connectivity index is 1.67. The zero-order valence-electron chi connectivity index (χ0n) is 19.3. The molecule has 0 saturated carbocycles. The number of carbonyl (C=O) groups excluding carboxylic acids is 2. The van der Waals surface area contributed by atoms with Gasteiger partial charge < -0.3 is 9.40 Å². The fourth-order valence-corrected chi connectivity index (χ4v) is 4.58. The third-order valence-corrected chi connectivity index (χ3v) is 6.21. The van der Waals surface area contributed by atoms with Crippen LogP contribution in [-0.4, -0.2) is 22.0 Å². The van der Waals surface area contributed by atoms with E-state index in [1.807, 2.05) is 78.9 Å². The van der Waals surface area contributed by atoms with Crippen molar-refractivity contribution in [2.45, 2.75) is 27.3 Å². The van der Waals surface area contributed by atoms with Gasteiger partial charge >= 0.3 is 5.97 Å². The number of benzene rings is 4. The molecule has 34 heavy (non-hydrogen) atoms. The molecule has 1 heterocycles. The lowest BCUT2D eigenvalue weighted by molar-refractivity contribution is -0.140. The number of aryl methyl sites for hydroxylation is 1. The van der Waals surface area contributed by atoms with Crippen LogP contribution in [-0.2, 0) is 16.2 Å². The first-order valence-electron chi connectivity index (χ1n) is 11.3. The lowest BCUT2D eigenvalue weighted by atomic mass is 9.96. The fourth-order valence-electron chi connectivity index (χ4n) is 4.58. The van der Waals surface area contributed by atoms with Crippen molar-refractivity contribution in [2.75, 3.05) is 0 Å². The maximum absolute atomic E-state index is 13.6. The van der Waals surface area contributed by atoms with Crippen LogP contribution in [0.15, 0.2) is 84.0 Å². The van der Waals surface area contributed by atoms with Gasteiger partial charge in [0.2, 0.25) is 0 Å². The van der Waals surface area contributed by atoms with Crippen LogP contribution in [0.1, 0.15) is 42.3 Å². The predicted molar refractivity (Wildman–Crippen MR) is 136 cm³/mol. The standard InChI is InChI=1S/C29H24N2O3/c1-4-31-27-14-12-21(18(2)30-34-19(3)32)16-25(27)26-17-22(13-15-28(26)31)29(33)24-11-7-9-20-8-5-6-10-23(20)24/h5-17H,4H2,1-3H3/b30-18+. The normalized spacial score (nSPS) is 11.9. The van der Waals surface area contributed by atoms with E-state index in [1.165, 1.54) is 6.92 Å². The zero-order valence-corrected chi connectivity index (χ0v) is 19.3. The molecule has 0 spiro atoms. The van der Waals surface area contributed by atoms with Crippen LogP contribution in [0, 0.1) is 0 Å². The number of oxime groups is 1. The molecular weight excluding hydrogens is 424 g/mol. The smallest absolute Gasteiger partial charge is 0.331 e. The van der Waals surface area contributed by atoms with Crippen LogP contribution >= 0.6 is 0 Å². The van der Waals surface area contributed by atoms with Crippen molar-refractivity contribution in [1.29, 1.82) is 0 Å². The summed E-state index contributed by atoms with van der Waals surface area (Å²) in [6.45, 7) is 6.04. The van der Waals surface area contributed by atoms with Gasteiger partial charge in [0.25, 0.3) is 0 Å². The van der Waals surface area contributed by atoms with E-state index in [0.717, 1.165) is 44.7 Å². The molecule has 5 nitrogen and oxygen atoms in total. The summed E-state index contributed by atoms with van der Waals surface area (Å²) in [5, 5.41) is 7.96. The summed E-state index contributed by atoms with van der Waals surface area (Å²) in [5.41, 5.74) is 4.96. The zero-order chi connectivity index (χ0) is 23.8. The quantitative estimate of drug-likeness (QED) is 0.134. The molecule has 168 valence electrons. The van der Waals surface area contributed by atoms with Crippen molar-refractivity contribution >= 4 is 50.0 Å². The van der Waals surface area contributed by atoms with Crippen LogP contribution in [0.4, 0.5) is 0 Å². The third kappa shape index (κ3) is 3.65. The second kappa shape index (κ2) is 8.60. The molecule has 0 bridgehead atoms. The van der Waals surface area contributed by atoms with Crippen molar-refractivity contribution in [2.24, 2.45) is 5.16 Å². The Bertz CT molecular complexity index is 1620. The van der Waals surface area contributed by atoms with Crippen molar-refractivity contribution < 1.29 is 14.4 Å². The number of nitrogens with zero attached hydrogens (tertiary/aromatic N) is 2. The Hall–Kier alpha value is -4.25. The number of ketones is 1. The topological polar surface area (TPSA) is 60.7 Å². The highest BCUT2D eigenvalue weighted by molar-refractivity contribution is 6.19. The molecule has 0 aliphatic heterocycles. The van der Waals surface area contributed by atoms with Crippen LogP contribution in [0.2, 0.25) is 0 Å². The molecule has 1 aromatic heterocycles. The number of fused-ring (bicyclic) bond motifs is 4. The van der Waals surface area contributed by atoms with Crippen molar-refractivity contribution in [3.05, 3.63) is 95.6 Å². The monoisotopic (exact) mass is 448 g/mol. The first-order chi connectivity index (χ1) is 16.5. The van der Waals surface area contributed by atoms with Crippen LogP contribution < -0.4 is 0 Å². The number of rotatable bonds is 5. The van der Waals surface area contributed by atoms with Gasteiger partial charge in [-0.25, -0.2) is 4.79 Å². The lowest BCUT2D eigenvalue weighted by Crippen LogP contribution is -2.02. The Kier molecular flexibility index (Phi) is 5.46. The second-order valence-electron chi connectivity index (χ2n) is 8.32. The van der Waals surface area contributed by atoms with E-state index in [4.69, 9.17) is 4.84 Å². The first kappa shape index (κ1) is 21.6. The number of hydrogen-bond acceptors (Lipinski definition) is 4. The minimum atomic E-state index is -0.459. The van der Waals surface area contributed by atoms with Crippen LogP contribution in [0.25, 0.3) is 32.6 Å². The molecule has 4 aromatic carbocycles. The molecule has 0 saturated heterocycles. The lowest BCUT2D eigenvalue weighted by Gasteiger charge is -2.07. The number of hydrogen-bond donors (Lipinski definition) is 0. The van der Waals surface area contributed by atoms with Crippen molar-refractivity contribution in [3.63, 3.8) is 0 Å². The minimum Gasteiger partial charge on any atom is -0.341 e. The van der Waals surface area contributed by atoms with E-state index in [-0.39, 0.29) is 5.78 Å². The number of aromatic nitrogens is 1. The molecule has 0 N–H and O–H groups in total. The summed E-state index contributed by atoms with van der Waals surface area (Å²) in [5.74, 6) is -0.459. The molecule has 0 aliphatic carbocycles. The summed E-state index contributed by atoms with van der Waals surface area (Å²) in [6.07, 6.45) is 0. The van der Waals surface area contributed by atoms with Gasteiger partial charge in [-0.3, -0.25) is 4.79 Å². The van der Waals surface area contributed by atoms with E-state index in [0.29, 0.717) is 16.8 Å². The van der Waals surface area contributed by atoms with Crippen molar-refractivity contribution in [1.82, 2.24) is 4.57 Å². The highest BCUT2D eigenvalue weighted by Gasteiger charge is 2.17. The van der Waals surface area contributed by atoms with Gasteiger partial charge in [0.15, 0.2) is 5.78 Å². The van der Waals surface area contributed by atoms with Crippen molar-refractivity contribution in [3.8, 4) is 0 Å². The van der Waals surface area contributed by atoms with Gasteiger partial charge in [-0.05, 0) is 60.5 Å². The molecule has 0 unspecified atom stereocenters. The van der Waals surface area contributed by atoms with Gasteiger partial charge in [-0.2, -0.15) is 0 Å². The summed E-state index contributed by atoms with van der Waals surface area (Å²) >= 11 is 0. The summed E-state index contributed by atoms with van der Waals surface area (Å²) < 4.78 is 2.24. The highest BCUT2D eigenvalue weighted by Crippen LogP contribution is 2.32. The molecule has 0 radical (unpaired) electrons. The molecular formula is C29H24N2O3. The fraction of sp³-hybridized carbons (Fsp3) is 0.138. The van der Waals surface area contributed by atoms with Gasteiger partial charge in [-0.15, -0.1) is 0 Å². The SMILES string of the molecule is CCn1c2ccc(C(=O)c3cccc4ccccc34)cc2c2cc(/C(C)=N/OC(C)=O)ccc21. The van der Waals surface area contributed by atoms with Gasteiger partial charge in [0.1, 0.15) is 0 Å². The Morgan fingerprint density at radius 1 is 0.794 bits per heavy atom.